The summed E-state index contributed by atoms with van der Waals surface area (Å²) in [4.78, 5) is 22.9. The molecule has 1 amide bonds. The van der Waals surface area contributed by atoms with Gasteiger partial charge in [0.15, 0.2) is 0 Å². The SMILES string of the molecule is Cc1cccc(C(C)C)c1NC(=O)Cc1ccccc1[N+](=O)[O-]. The van der Waals surface area contributed by atoms with Crippen LogP contribution in [0.1, 0.15) is 36.5 Å². The van der Waals surface area contributed by atoms with E-state index in [2.05, 4.69) is 19.2 Å². The number of hydrogen-bond donors (Lipinski definition) is 1. The van der Waals surface area contributed by atoms with Gasteiger partial charge in [-0.25, -0.2) is 0 Å². The number of carbonyl (C=O) groups is 1. The van der Waals surface area contributed by atoms with Crippen molar-refractivity contribution in [3.8, 4) is 0 Å². The summed E-state index contributed by atoms with van der Waals surface area (Å²) < 4.78 is 0. The first-order chi connectivity index (χ1) is 10.9. The predicted octanol–water partition coefficient (Wildman–Crippen LogP) is 4.21. The van der Waals surface area contributed by atoms with Crippen LogP contribution in [0.4, 0.5) is 11.4 Å². The average molecular weight is 312 g/mol. The Morgan fingerprint density at radius 3 is 2.52 bits per heavy atom. The number of anilines is 1. The molecule has 0 bridgehead atoms. The maximum absolute atomic E-state index is 12.4. The van der Waals surface area contributed by atoms with E-state index in [0.717, 1.165) is 16.8 Å². The Hall–Kier alpha value is -2.69. The van der Waals surface area contributed by atoms with Crippen molar-refractivity contribution in [2.75, 3.05) is 5.32 Å². The molecule has 120 valence electrons. The van der Waals surface area contributed by atoms with E-state index in [1.165, 1.54) is 6.07 Å². The third kappa shape index (κ3) is 3.94. The molecule has 0 aliphatic carbocycles. The van der Waals surface area contributed by atoms with Gasteiger partial charge in [-0.1, -0.05) is 50.2 Å². The zero-order valence-corrected chi connectivity index (χ0v) is 13.5. The van der Waals surface area contributed by atoms with Crippen LogP contribution in [0.15, 0.2) is 42.5 Å². The fourth-order valence-electron chi connectivity index (χ4n) is 2.54. The van der Waals surface area contributed by atoms with Gasteiger partial charge in [-0.2, -0.15) is 0 Å². The van der Waals surface area contributed by atoms with Gasteiger partial charge in [-0.15, -0.1) is 0 Å². The number of rotatable bonds is 5. The Bertz CT molecular complexity index is 739. The molecule has 1 N–H and O–H groups in total. The van der Waals surface area contributed by atoms with Crippen molar-refractivity contribution in [2.45, 2.75) is 33.1 Å². The second kappa shape index (κ2) is 7.05. The summed E-state index contributed by atoms with van der Waals surface area (Å²) in [6.45, 7) is 6.06. The maximum atomic E-state index is 12.4. The molecular weight excluding hydrogens is 292 g/mol. The largest absolute Gasteiger partial charge is 0.325 e. The van der Waals surface area contributed by atoms with Crippen molar-refractivity contribution in [1.29, 1.82) is 0 Å². The highest BCUT2D eigenvalue weighted by Crippen LogP contribution is 2.28. The highest BCUT2D eigenvalue weighted by Gasteiger charge is 2.17. The zero-order valence-electron chi connectivity index (χ0n) is 13.5. The van der Waals surface area contributed by atoms with Crippen molar-refractivity contribution in [3.05, 3.63) is 69.3 Å². The van der Waals surface area contributed by atoms with Gasteiger partial charge in [-0.05, 0) is 24.0 Å². The first-order valence-electron chi connectivity index (χ1n) is 7.51. The summed E-state index contributed by atoms with van der Waals surface area (Å²) in [6, 6.07) is 12.2. The Morgan fingerprint density at radius 1 is 1.17 bits per heavy atom. The summed E-state index contributed by atoms with van der Waals surface area (Å²) in [5.41, 5.74) is 3.21. The minimum absolute atomic E-state index is 0.0248. The topological polar surface area (TPSA) is 72.2 Å². The lowest BCUT2D eigenvalue weighted by Crippen LogP contribution is -2.17. The van der Waals surface area contributed by atoms with Crippen LogP contribution < -0.4 is 5.32 Å². The molecule has 0 aromatic heterocycles. The summed E-state index contributed by atoms with van der Waals surface area (Å²) >= 11 is 0. The van der Waals surface area contributed by atoms with Crippen LogP contribution in [0, 0.1) is 17.0 Å². The quantitative estimate of drug-likeness (QED) is 0.664. The Labute approximate surface area is 135 Å². The highest BCUT2D eigenvalue weighted by molar-refractivity contribution is 5.94. The van der Waals surface area contributed by atoms with Gasteiger partial charge in [0.2, 0.25) is 5.91 Å². The van der Waals surface area contributed by atoms with Gasteiger partial charge >= 0.3 is 0 Å². The minimum atomic E-state index is -0.462. The molecule has 0 fully saturated rings. The number of nitrogens with one attached hydrogen (secondary N) is 1. The zero-order chi connectivity index (χ0) is 17.0. The van der Waals surface area contributed by atoms with Crippen LogP contribution in [0.25, 0.3) is 0 Å². The molecule has 0 aliphatic rings. The number of amides is 1. The molecular formula is C18H20N2O3. The Balaban J connectivity index is 2.23. The number of hydrogen-bond acceptors (Lipinski definition) is 3. The van der Waals surface area contributed by atoms with Gasteiger partial charge in [0.05, 0.1) is 11.3 Å². The molecule has 0 atom stereocenters. The predicted molar refractivity (Wildman–Crippen MR) is 90.7 cm³/mol. The number of nitro benzene ring substituents is 1. The molecule has 0 heterocycles. The molecule has 0 unspecified atom stereocenters. The van der Waals surface area contributed by atoms with Crippen LogP contribution in [0.2, 0.25) is 0 Å². The molecule has 5 nitrogen and oxygen atoms in total. The monoisotopic (exact) mass is 312 g/mol. The first kappa shape index (κ1) is 16.7. The molecule has 0 saturated heterocycles. The van der Waals surface area contributed by atoms with Crippen molar-refractivity contribution in [3.63, 3.8) is 0 Å². The lowest BCUT2D eigenvalue weighted by atomic mass is 9.98. The van der Waals surface area contributed by atoms with Crippen LogP contribution in [0.5, 0.6) is 0 Å². The fraction of sp³-hybridized carbons (Fsp3) is 0.278. The van der Waals surface area contributed by atoms with E-state index in [1.807, 2.05) is 25.1 Å². The van der Waals surface area contributed by atoms with E-state index in [4.69, 9.17) is 0 Å². The van der Waals surface area contributed by atoms with Crippen LogP contribution in [-0.2, 0) is 11.2 Å². The standard InChI is InChI=1S/C18H20N2O3/c1-12(2)15-9-6-7-13(3)18(15)19-17(21)11-14-8-4-5-10-16(14)20(22)23/h4-10,12H,11H2,1-3H3,(H,19,21). The van der Waals surface area contributed by atoms with Crippen molar-refractivity contribution >= 4 is 17.3 Å². The van der Waals surface area contributed by atoms with Crippen LogP contribution in [0.3, 0.4) is 0 Å². The van der Waals surface area contributed by atoms with Gasteiger partial charge in [0.25, 0.3) is 5.69 Å². The number of nitro groups is 1. The third-order valence-electron chi connectivity index (χ3n) is 3.73. The van der Waals surface area contributed by atoms with Crippen LogP contribution in [-0.4, -0.2) is 10.8 Å². The van der Waals surface area contributed by atoms with Crippen molar-refractivity contribution < 1.29 is 9.72 Å². The van der Waals surface area contributed by atoms with Gasteiger partial charge in [-0.3, -0.25) is 14.9 Å². The first-order valence-corrected chi connectivity index (χ1v) is 7.51. The molecule has 2 rings (SSSR count). The van der Waals surface area contributed by atoms with E-state index >= 15 is 0 Å². The van der Waals surface area contributed by atoms with E-state index < -0.39 is 4.92 Å². The second-order valence-corrected chi connectivity index (χ2v) is 5.80. The maximum Gasteiger partial charge on any atom is 0.273 e. The summed E-state index contributed by atoms with van der Waals surface area (Å²) in [6.07, 6.45) is -0.0248. The van der Waals surface area contributed by atoms with Gasteiger partial charge in [0.1, 0.15) is 0 Å². The number of benzene rings is 2. The smallest absolute Gasteiger partial charge is 0.273 e. The summed E-state index contributed by atoms with van der Waals surface area (Å²) in [5.74, 6) is 0.0201. The fourth-order valence-corrected chi connectivity index (χ4v) is 2.54. The average Bonchev–Trinajstić information content (AvgIpc) is 2.49. The van der Waals surface area contributed by atoms with Crippen molar-refractivity contribution in [1.82, 2.24) is 0 Å². The van der Waals surface area contributed by atoms with Crippen LogP contribution >= 0.6 is 0 Å². The Kier molecular flexibility index (Phi) is 5.11. The molecule has 0 spiro atoms. The lowest BCUT2D eigenvalue weighted by molar-refractivity contribution is -0.385. The second-order valence-electron chi connectivity index (χ2n) is 5.80. The summed E-state index contributed by atoms with van der Waals surface area (Å²) in [5, 5.41) is 13.9. The highest BCUT2D eigenvalue weighted by atomic mass is 16.6. The molecule has 5 heteroatoms. The molecule has 0 saturated carbocycles. The molecule has 0 aliphatic heterocycles. The number of nitrogens with zero attached hydrogens (tertiary/aromatic N) is 1. The minimum Gasteiger partial charge on any atom is -0.325 e. The molecule has 2 aromatic carbocycles. The van der Waals surface area contributed by atoms with E-state index in [1.54, 1.807) is 18.2 Å². The van der Waals surface area contributed by atoms with Crippen molar-refractivity contribution in [2.24, 2.45) is 0 Å². The van der Waals surface area contributed by atoms with E-state index in [9.17, 15) is 14.9 Å². The number of aryl methyl sites for hydroxylation is 1. The lowest BCUT2D eigenvalue weighted by Gasteiger charge is -2.16. The van der Waals surface area contributed by atoms with E-state index in [-0.39, 0.29) is 23.9 Å². The third-order valence-corrected chi connectivity index (χ3v) is 3.73. The molecule has 23 heavy (non-hydrogen) atoms. The number of carbonyl (C=O) groups excluding carboxylic acids is 1. The molecule has 0 radical (unpaired) electrons. The van der Waals surface area contributed by atoms with Gasteiger partial charge < -0.3 is 5.32 Å². The van der Waals surface area contributed by atoms with E-state index in [0.29, 0.717) is 5.56 Å². The number of para-hydroxylation sites is 2. The molecule has 2 aromatic rings. The summed E-state index contributed by atoms with van der Waals surface area (Å²) in [7, 11) is 0. The van der Waals surface area contributed by atoms with Gasteiger partial charge in [0, 0.05) is 17.3 Å². The Morgan fingerprint density at radius 2 is 1.87 bits per heavy atom. The normalized spacial score (nSPS) is 10.6.